The number of nitrogen functional groups attached to an aromatic ring is 1. The summed E-state index contributed by atoms with van der Waals surface area (Å²) < 4.78 is 2.13. The maximum absolute atomic E-state index is 9.87. The third-order valence-corrected chi connectivity index (χ3v) is 4.85. The van der Waals surface area contributed by atoms with Crippen LogP contribution in [0.5, 0.6) is 11.5 Å². The van der Waals surface area contributed by atoms with Gasteiger partial charge in [0.05, 0.1) is 5.69 Å². The first-order valence-corrected chi connectivity index (χ1v) is 8.84. The molecular formula is C22H18N4O2. The van der Waals surface area contributed by atoms with Gasteiger partial charge in [0.25, 0.3) is 0 Å². The number of pyridine rings is 1. The van der Waals surface area contributed by atoms with Crippen molar-refractivity contribution in [1.82, 2.24) is 9.55 Å². The summed E-state index contributed by atoms with van der Waals surface area (Å²) in [5.41, 5.74) is 10.1. The number of aryl methyl sites for hydroxylation is 1. The number of rotatable bonds is 3. The quantitative estimate of drug-likeness (QED) is 0.467. The first-order valence-electron chi connectivity index (χ1n) is 8.84. The van der Waals surface area contributed by atoms with E-state index in [1.54, 1.807) is 12.1 Å². The molecule has 0 saturated heterocycles. The summed E-state index contributed by atoms with van der Waals surface area (Å²) in [6.07, 6.45) is 2.02. The van der Waals surface area contributed by atoms with Gasteiger partial charge in [0.2, 0.25) is 0 Å². The normalized spacial score (nSPS) is 10.9. The van der Waals surface area contributed by atoms with E-state index in [-0.39, 0.29) is 22.9 Å². The molecule has 0 amide bonds. The average Bonchev–Trinajstić information content (AvgIpc) is 3.08. The number of fused-ring (bicyclic) bond motifs is 1. The van der Waals surface area contributed by atoms with E-state index in [1.807, 2.05) is 30.5 Å². The molecule has 6 nitrogen and oxygen atoms in total. The van der Waals surface area contributed by atoms with Crippen LogP contribution >= 0.6 is 0 Å². The fourth-order valence-electron chi connectivity index (χ4n) is 3.45. The summed E-state index contributed by atoms with van der Waals surface area (Å²) in [7, 11) is 0. The molecule has 138 valence electrons. The minimum absolute atomic E-state index is 0.121. The molecule has 0 unspecified atom stereocenters. The maximum atomic E-state index is 9.87. The molecule has 0 saturated carbocycles. The molecule has 2 heterocycles. The van der Waals surface area contributed by atoms with Crippen LogP contribution in [0.1, 0.15) is 12.5 Å². The molecule has 4 N–H and O–H groups in total. The van der Waals surface area contributed by atoms with E-state index in [4.69, 9.17) is 5.73 Å². The van der Waals surface area contributed by atoms with Crippen LogP contribution in [-0.2, 0) is 6.54 Å². The van der Waals surface area contributed by atoms with Crippen molar-refractivity contribution >= 4 is 16.7 Å². The molecule has 0 fully saturated rings. The van der Waals surface area contributed by atoms with Crippen molar-refractivity contribution in [2.24, 2.45) is 0 Å². The Kier molecular flexibility index (Phi) is 4.13. The minimum Gasteiger partial charge on any atom is -0.504 e. The summed E-state index contributed by atoms with van der Waals surface area (Å²) in [4.78, 5) is 4.47. The number of phenolic OH excluding ortho intramolecular Hbond substituents is 2. The predicted octanol–water partition coefficient (Wildman–Crippen LogP) is 4.26. The Morgan fingerprint density at radius 2 is 1.86 bits per heavy atom. The van der Waals surface area contributed by atoms with Crippen LogP contribution < -0.4 is 5.73 Å². The van der Waals surface area contributed by atoms with Crippen LogP contribution in [0.25, 0.3) is 33.3 Å². The summed E-state index contributed by atoms with van der Waals surface area (Å²) in [6.45, 7) is 2.88. The lowest BCUT2D eigenvalue weighted by Gasteiger charge is -2.10. The van der Waals surface area contributed by atoms with Gasteiger partial charge in [-0.15, -0.1) is 0 Å². The van der Waals surface area contributed by atoms with E-state index in [1.165, 1.54) is 12.1 Å². The van der Waals surface area contributed by atoms with Crippen LogP contribution in [0.2, 0.25) is 0 Å². The topological polar surface area (TPSA) is 108 Å². The molecule has 0 bridgehead atoms. The molecule has 0 aliphatic heterocycles. The number of hydrogen-bond donors (Lipinski definition) is 3. The molecule has 0 aliphatic rings. The number of nitrogens with zero attached hydrogens (tertiary/aromatic N) is 3. The van der Waals surface area contributed by atoms with Crippen molar-refractivity contribution in [1.29, 1.82) is 5.26 Å². The van der Waals surface area contributed by atoms with Gasteiger partial charge in [-0.25, -0.2) is 4.98 Å². The monoisotopic (exact) mass is 370 g/mol. The van der Waals surface area contributed by atoms with Gasteiger partial charge < -0.3 is 20.5 Å². The first kappa shape index (κ1) is 17.4. The Morgan fingerprint density at radius 1 is 1.07 bits per heavy atom. The van der Waals surface area contributed by atoms with Crippen molar-refractivity contribution in [2.75, 3.05) is 5.73 Å². The maximum Gasteiger partial charge on any atom is 0.158 e. The number of anilines is 1. The van der Waals surface area contributed by atoms with E-state index in [0.717, 1.165) is 23.0 Å². The van der Waals surface area contributed by atoms with E-state index in [9.17, 15) is 15.5 Å². The van der Waals surface area contributed by atoms with Crippen molar-refractivity contribution in [3.8, 4) is 40.0 Å². The van der Waals surface area contributed by atoms with E-state index in [0.29, 0.717) is 16.8 Å². The number of para-hydroxylation sites is 1. The molecular weight excluding hydrogens is 352 g/mol. The van der Waals surface area contributed by atoms with E-state index in [2.05, 4.69) is 22.5 Å². The number of benzene rings is 2. The highest BCUT2D eigenvalue weighted by Crippen LogP contribution is 2.37. The lowest BCUT2D eigenvalue weighted by molar-refractivity contribution is 0.404. The molecule has 0 radical (unpaired) electrons. The Balaban J connectivity index is 1.99. The van der Waals surface area contributed by atoms with Crippen LogP contribution in [0.15, 0.2) is 54.7 Å². The van der Waals surface area contributed by atoms with Crippen molar-refractivity contribution in [3.05, 3.63) is 60.3 Å². The Bertz CT molecular complexity index is 1250. The number of nitriles is 1. The third kappa shape index (κ3) is 2.70. The Labute approximate surface area is 161 Å². The Morgan fingerprint density at radius 3 is 2.57 bits per heavy atom. The number of phenols is 2. The molecule has 4 aromatic rings. The lowest BCUT2D eigenvalue weighted by atomic mass is 9.98. The van der Waals surface area contributed by atoms with Gasteiger partial charge in [0.15, 0.2) is 11.5 Å². The molecule has 2 aromatic heterocycles. The fourth-order valence-corrected chi connectivity index (χ4v) is 3.45. The second-order valence-corrected chi connectivity index (χ2v) is 6.48. The molecule has 2 aromatic carbocycles. The van der Waals surface area contributed by atoms with Crippen molar-refractivity contribution < 1.29 is 10.2 Å². The van der Waals surface area contributed by atoms with Crippen molar-refractivity contribution in [3.63, 3.8) is 0 Å². The van der Waals surface area contributed by atoms with Crippen LogP contribution in [0.4, 0.5) is 5.82 Å². The highest BCUT2D eigenvalue weighted by atomic mass is 16.3. The summed E-state index contributed by atoms with van der Waals surface area (Å²) >= 11 is 0. The van der Waals surface area contributed by atoms with Gasteiger partial charge in [-0.1, -0.05) is 24.3 Å². The van der Waals surface area contributed by atoms with Gasteiger partial charge in [0, 0.05) is 34.8 Å². The predicted molar refractivity (Wildman–Crippen MR) is 109 cm³/mol. The van der Waals surface area contributed by atoms with E-state index < -0.39 is 0 Å². The Hall–Kier alpha value is -3.98. The highest BCUT2D eigenvalue weighted by Gasteiger charge is 2.17. The van der Waals surface area contributed by atoms with Gasteiger partial charge in [0.1, 0.15) is 17.5 Å². The van der Waals surface area contributed by atoms with Crippen molar-refractivity contribution in [2.45, 2.75) is 13.5 Å². The van der Waals surface area contributed by atoms with Gasteiger partial charge in [-0.3, -0.25) is 0 Å². The molecule has 28 heavy (non-hydrogen) atoms. The number of aromatic nitrogens is 2. The average molecular weight is 370 g/mol. The standard InChI is InChI=1S/C22H18N4O2/c1-2-26-12-17(14-5-3-4-6-19(14)26)18-10-15(16(11-23)22(24)25-18)13-7-8-20(27)21(28)9-13/h3-10,12,27-28H,2H2,1H3,(H2,24,25). The zero-order valence-electron chi connectivity index (χ0n) is 15.2. The molecule has 0 spiro atoms. The fraction of sp³-hybridized carbons (Fsp3) is 0.0909. The molecule has 4 rings (SSSR count). The van der Waals surface area contributed by atoms with Crippen LogP contribution in [0.3, 0.4) is 0 Å². The summed E-state index contributed by atoms with van der Waals surface area (Å²) in [6, 6.07) is 16.3. The van der Waals surface area contributed by atoms with Crippen LogP contribution in [0, 0.1) is 11.3 Å². The second-order valence-electron chi connectivity index (χ2n) is 6.48. The minimum atomic E-state index is -0.263. The number of aromatic hydroxyl groups is 2. The zero-order chi connectivity index (χ0) is 19.8. The van der Waals surface area contributed by atoms with E-state index >= 15 is 0 Å². The molecule has 0 aliphatic carbocycles. The SMILES string of the molecule is CCn1cc(-c2cc(-c3ccc(O)c(O)c3)c(C#N)c(N)n2)c2ccccc21. The molecule has 6 heteroatoms. The molecule has 0 atom stereocenters. The number of nitrogens with two attached hydrogens (primary N) is 1. The van der Waals surface area contributed by atoms with Crippen LogP contribution in [-0.4, -0.2) is 19.8 Å². The van der Waals surface area contributed by atoms with Gasteiger partial charge >= 0.3 is 0 Å². The summed E-state index contributed by atoms with van der Waals surface area (Å²) in [5, 5.41) is 30.1. The summed E-state index contributed by atoms with van der Waals surface area (Å²) in [5.74, 6) is -0.368. The zero-order valence-corrected chi connectivity index (χ0v) is 15.2. The first-order chi connectivity index (χ1) is 13.5. The lowest BCUT2D eigenvalue weighted by Crippen LogP contribution is -1.99. The number of hydrogen-bond acceptors (Lipinski definition) is 5. The smallest absolute Gasteiger partial charge is 0.158 e. The van der Waals surface area contributed by atoms with Gasteiger partial charge in [-0.2, -0.15) is 5.26 Å². The highest BCUT2D eigenvalue weighted by molar-refractivity contribution is 5.96. The second kappa shape index (κ2) is 6.63. The third-order valence-electron chi connectivity index (χ3n) is 4.85. The van der Waals surface area contributed by atoms with Gasteiger partial charge in [-0.05, 0) is 36.8 Å². The largest absolute Gasteiger partial charge is 0.504 e.